The lowest BCUT2D eigenvalue weighted by Gasteiger charge is -2.39. The average molecular weight is 493 g/mol. The van der Waals surface area contributed by atoms with E-state index in [-0.39, 0.29) is 35.7 Å². The van der Waals surface area contributed by atoms with Crippen molar-refractivity contribution in [2.45, 2.75) is 50.9 Å². The molecule has 0 radical (unpaired) electrons. The third kappa shape index (κ3) is 6.55. The van der Waals surface area contributed by atoms with Crippen LogP contribution in [0.1, 0.15) is 38.7 Å². The predicted molar refractivity (Wildman–Crippen MR) is 126 cm³/mol. The Bertz CT molecular complexity index is 1060. The van der Waals surface area contributed by atoms with E-state index < -0.39 is 29.4 Å². The molecule has 1 amide bonds. The lowest BCUT2D eigenvalue weighted by Crippen LogP contribution is -2.56. The van der Waals surface area contributed by atoms with Crippen LogP contribution in [0.15, 0.2) is 18.3 Å². The van der Waals surface area contributed by atoms with Crippen LogP contribution >= 0.6 is 0 Å². The van der Waals surface area contributed by atoms with Crippen molar-refractivity contribution in [2.24, 2.45) is 0 Å². The molecule has 1 fully saturated rings. The zero-order valence-electron chi connectivity index (χ0n) is 21.0. The molecule has 1 N–H and O–H groups in total. The molecule has 0 aliphatic carbocycles. The highest BCUT2D eigenvalue weighted by Crippen LogP contribution is 2.30. The van der Waals surface area contributed by atoms with Gasteiger partial charge < -0.3 is 24.3 Å². The molecule has 3 atom stereocenters. The van der Waals surface area contributed by atoms with E-state index in [1.54, 1.807) is 40.0 Å². The summed E-state index contributed by atoms with van der Waals surface area (Å²) in [6, 6.07) is 3.01. The van der Waals surface area contributed by atoms with Gasteiger partial charge in [-0.3, -0.25) is 14.7 Å². The molecule has 10 nitrogen and oxygen atoms in total. The maximum atomic E-state index is 15.1. The lowest BCUT2D eigenvalue weighted by molar-refractivity contribution is -0.143. The monoisotopic (exact) mass is 492 g/mol. The quantitative estimate of drug-likeness (QED) is 0.583. The summed E-state index contributed by atoms with van der Waals surface area (Å²) in [6.45, 7) is 6.49. The molecule has 35 heavy (non-hydrogen) atoms. The fourth-order valence-corrected chi connectivity index (χ4v) is 4.18. The Labute approximate surface area is 204 Å². The number of pyridine rings is 2. The van der Waals surface area contributed by atoms with Gasteiger partial charge in [-0.05, 0) is 33.3 Å². The van der Waals surface area contributed by atoms with Crippen molar-refractivity contribution in [3.63, 3.8) is 0 Å². The summed E-state index contributed by atoms with van der Waals surface area (Å²) in [5.74, 6) is -1.93. The van der Waals surface area contributed by atoms with Gasteiger partial charge in [0.15, 0.2) is 0 Å². The lowest BCUT2D eigenvalue weighted by atomic mass is 9.94. The summed E-state index contributed by atoms with van der Waals surface area (Å²) in [5.41, 5.74) is 0.161. The number of carbonyl (C=O) groups excluding carboxylic acids is 2. The molecule has 0 bridgehead atoms. The SMILES string of the molecule is COC(=O)C(CN1CCC(NC(=O)OC(C)(C)C)C(OC)C1)c1c(F)cnc2ccc(OC)nc12. The number of hydrogen-bond donors (Lipinski definition) is 1. The Morgan fingerprint density at radius 2 is 2.00 bits per heavy atom. The minimum absolute atomic E-state index is 0.101. The van der Waals surface area contributed by atoms with Crippen molar-refractivity contribution in [3.05, 3.63) is 29.7 Å². The van der Waals surface area contributed by atoms with E-state index in [4.69, 9.17) is 18.9 Å². The molecular weight excluding hydrogens is 459 g/mol. The first-order valence-electron chi connectivity index (χ1n) is 11.4. The van der Waals surface area contributed by atoms with Crippen LogP contribution in [0.5, 0.6) is 5.88 Å². The number of piperidine rings is 1. The van der Waals surface area contributed by atoms with Gasteiger partial charge in [-0.15, -0.1) is 0 Å². The van der Waals surface area contributed by atoms with E-state index in [9.17, 15) is 9.59 Å². The normalized spacial score (nSPS) is 19.7. The van der Waals surface area contributed by atoms with Crippen LogP contribution in [0.4, 0.5) is 9.18 Å². The zero-order chi connectivity index (χ0) is 25.8. The summed E-state index contributed by atoms with van der Waals surface area (Å²) < 4.78 is 36.3. The third-order valence-electron chi connectivity index (χ3n) is 5.81. The van der Waals surface area contributed by atoms with Gasteiger partial charge in [-0.1, -0.05) is 0 Å². The highest BCUT2D eigenvalue weighted by atomic mass is 19.1. The van der Waals surface area contributed by atoms with Gasteiger partial charge >= 0.3 is 12.1 Å². The number of nitrogens with zero attached hydrogens (tertiary/aromatic N) is 3. The maximum absolute atomic E-state index is 15.1. The van der Waals surface area contributed by atoms with Gasteiger partial charge in [0.05, 0.1) is 49.5 Å². The number of fused-ring (bicyclic) bond motifs is 1. The molecule has 0 spiro atoms. The first-order valence-corrected chi connectivity index (χ1v) is 11.4. The van der Waals surface area contributed by atoms with Crippen LogP contribution in [-0.4, -0.2) is 85.6 Å². The smallest absolute Gasteiger partial charge is 0.407 e. The largest absolute Gasteiger partial charge is 0.481 e. The van der Waals surface area contributed by atoms with Crippen LogP contribution < -0.4 is 10.1 Å². The minimum Gasteiger partial charge on any atom is -0.481 e. The van der Waals surface area contributed by atoms with Crippen LogP contribution in [0.2, 0.25) is 0 Å². The number of nitrogens with one attached hydrogen (secondary N) is 1. The van der Waals surface area contributed by atoms with Crippen molar-refractivity contribution in [2.75, 3.05) is 41.0 Å². The Morgan fingerprint density at radius 1 is 1.26 bits per heavy atom. The Balaban J connectivity index is 1.83. The Morgan fingerprint density at radius 3 is 2.63 bits per heavy atom. The summed E-state index contributed by atoms with van der Waals surface area (Å²) in [6.07, 6.45) is 0.760. The molecule has 1 aliphatic rings. The molecule has 2 aromatic rings. The molecule has 0 aromatic carbocycles. The molecule has 1 aliphatic heterocycles. The van der Waals surface area contributed by atoms with Gasteiger partial charge in [0.2, 0.25) is 5.88 Å². The van der Waals surface area contributed by atoms with Gasteiger partial charge in [0.25, 0.3) is 0 Å². The van der Waals surface area contributed by atoms with E-state index in [1.807, 2.05) is 4.90 Å². The van der Waals surface area contributed by atoms with Crippen LogP contribution in [0.3, 0.4) is 0 Å². The topological polar surface area (TPSA) is 112 Å². The number of halogens is 1. The molecule has 192 valence electrons. The molecule has 3 rings (SSSR count). The molecule has 3 heterocycles. The number of methoxy groups -OCH3 is 3. The summed E-state index contributed by atoms with van der Waals surface area (Å²) >= 11 is 0. The standard InChI is InChI=1S/C24H33FN4O6/c1-24(2,3)35-23(31)27-16-9-10-29(13-18(16)32-4)12-14(22(30)34-6)20-15(25)11-26-17-7-8-19(33-5)28-21(17)20/h7-8,11,14,16,18H,9-10,12-13H2,1-6H3,(H,27,31). The highest BCUT2D eigenvalue weighted by molar-refractivity contribution is 5.87. The van der Waals surface area contributed by atoms with Crippen molar-refractivity contribution in [1.29, 1.82) is 0 Å². The molecule has 11 heteroatoms. The molecule has 1 saturated heterocycles. The van der Waals surface area contributed by atoms with Crippen molar-refractivity contribution < 1.29 is 32.9 Å². The summed E-state index contributed by atoms with van der Waals surface area (Å²) in [7, 11) is 4.28. The molecular formula is C24H33FN4O6. The first kappa shape index (κ1) is 26.6. The maximum Gasteiger partial charge on any atom is 0.407 e. The predicted octanol–water partition coefficient (Wildman–Crippen LogP) is 2.65. The number of aromatic nitrogens is 2. The number of hydrogen-bond acceptors (Lipinski definition) is 9. The molecule has 3 unspecified atom stereocenters. The number of alkyl carbamates (subject to hydrolysis) is 1. The van der Waals surface area contributed by atoms with Crippen LogP contribution in [0, 0.1) is 5.82 Å². The van der Waals surface area contributed by atoms with E-state index in [2.05, 4.69) is 15.3 Å². The van der Waals surface area contributed by atoms with E-state index in [1.165, 1.54) is 14.2 Å². The second-order valence-corrected chi connectivity index (χ2v) is 9.39. The second kappa shape index (κ2) is 11.1. The third-order valence-corrected chi connectivity index (χ3v) is 5.81. The van der Waals surface area contributed by atoms with E-state index >= 15 is 4.39 Å². The van der Waals surface area contributed by atoms with Crippen LogP contribution in [-0.2, 0) is 19.0 Å². The van der Waals surface area contributed by atoms with Crippen LogP contribution in [0.25, 0.3) is 11.0 Å². The van der Waals surface area contributed by atoms with Gasteiger partial charge in [-0.2, -0.15) is 0 Å². The van der Waals surface area contributed by atoms with E-state index in [0.29, 0.717) is 25.0 Å². The molecule has 0 saturated carbocycles. The fourth-order valence-electron chi connectivity index (χ4n) is 4.18. The number of amides is 1. The van der Waals surface area contributed by atoms with Gasteiger partial charge in [0, 0.05) is 38.4 Å². The molecule has 2 aromatic heterocycles. The number of carbonyl (C=O) groups is 2. The highest BCUT2D eigenvalue weighted by Gasteiger charge is 2.36. The van der Waals surface area contributed by atoms with Crippen molar-refractivity contribution in [3.8, 4) is 5.88 Å². The number of rotatable bonds is 7. The first-order chi connectivity index (χ1) is 16.6. The number of esters is 1. The Hall–Kier alpha value is -3.05. The van der Waals surface area contributed by atoms with E-state index in [0.717, 1.165) is 6.20 Å². The van der Waals surface area contributed by atoms with Gasteiger partial charge in [0.1, 0.15) is 11.4 Å². The summed E-state index contributed by atoms with van der Waals surface area (Å²) in [4.78, 5) is 35.5. The number of likely N-dealkylation sites (tertiary alicyclic amines) is 1. The summed E-state index contributed by atoms with van der Waals surface area (Å²) in [5, 5.41) is 2.87. The zero-order valence-corrected chi connectivity index (χ0v) is 21.0. The van der Waals surface area contributed by atoms with Gasteiger partial charge in [-0.25, -0.2) is 14.2 Å². The average Bonchev–Trinajstić information content (AvgIpc) is 2.81. The minimum atomic E-state index is -0.960. The fraction of sp³-hybridized carbons (Fsp3) is 0.583. The van der Waals surface area contributed by atoms with Crippen molar-refractivity contribution in [1.82, 2.24) is 20.2 Å². The second-order valence-electron chi connectivity index (χ2n) is 9.39. The number of ether oxygens (including phenoxy) is 4. The Kier molecular flexibility index (Phi) is 8.44. The van der Waals surface area contributed by atoms with Crippen molar-refractivity contribution >= 4 is 23.1 Å².